The molecule has 1 atom stereocenters. The van der Waals surface area contributed by atoms with Crippen LogP contribution in [-0.2, 0) is 15.1 Å². The third kappa shape index (κ3) is 2.74. The summed E-state index contributed by atoms with van der Waals surface area (Å²) in [4.78, 5) is 11.3. The lowest BCUT2D eigenvalue weighted by Crippen LogP contribution is -2.35. The van der Waals surface area contributed by atoms with Crippen LogP contribution in [0.15, 0.2) is 24.3 Å². The number of aliphatic carboxylic acids is 1. The predicted molar refractivity (Wildman–Crippen MR) is 62.7 cm³/mol. The smallest absolute Gasteiger partial charge is 0.340 e. The summed E-state index contributed by atoms with van der Waals surface area (Å²) in [6.07, 6.45) is 0.774. The van der Waals surface area contributed by atoms with E-state index in [0.717, 1.165) is 6.42 Å². The van der Waals surface area contributed by atoms with E-state index in [0.29, 0.717) is 17.2 Å². The largest absolute Gasteiger partial charge is 0.479 e. The van der Waals surface area contributed by atoms with Gasteiger partial charge in [-0.1, -0.05) is 30.7 Å². The highest BCUT2D eigenvalue weighted by atomic mass is 35.5. The highest BCUT2D eigenvalue weighted by molar-refractivity contribution is 6.30. The first-order valence-electron chi connectivity index (χ1n) is 5.14. The SMILES string of the molecule is CCCOC(C)(C(=O)O)c1ccc(Cl)cc1. The fourth-order valence-electron chi connectivity index (χ4n) is 1.34. The maximum absolute atomic E-state index is 11.3. The van der Waals surface area contributed by atoms with Crippen LogP contribution in [0.25, 0.3) is 0 Å². The summed E-state index contributed by atoms with van der Waals surface area (Å²) in [6.45, 7) is 3.89. The zero-order chi connectivity index (χ0) is 12.2. The molecule has 1 rings (SSSR count). The fraction of sp³-hybridized carbons (Fsp3) is 0.417. The van der Waals surface area contributed by atoms with Gasteiger partial charge in [-0.3, -0.25) is 0 Å². The molecule has 1 aromatic carbocycles. The first kappa shape index (κ1) is 13.0. The summed E-state index contributed by atoms with van der Waals surface area (Å²) in [5.41, 5.74) is -0.710. The first-order valence-corrected chi connectivity index (χ1v) is 5.52. The van der Waals surface area contributed by atoms with Gasteiger partial charge in [-0.15, -0.1) is 0 Å². The Morgan fingerprint density at radius 3 is 2.44 bits per heavy atom. The number of carboxylic acids is 1. The van der Waals surface area contributed by atoms with Gasteiger partial charge < -0.3 is 9.84 Å². The van der Waals surface area contributed by atoms with Crippen molar-refractivity contribution in [2.24, 2.45) is 0 Å². The van der Waals surface area contributed by atoms with Crippen molar-refractivity contribution in [3.05, 3.63) is 34.9 Å². The molecule has 1 N–H and O–H groups in total. The van der Waals surface area contributed by atoms with E-state index in [-0.39, 0.29) is 0 Å². The molecule has 3 nitrogen and oxygen atoms in total. The van der Waals surface area contributed by atoms with Crippen molar-refractivity contribution >= 4 is 17.6 Å². The van der Waals surface area contributed by atoms with Crippen LogP contribution in [0.5, 0.6) is 0 Å². The molecule has 0 bridgehead atoms. The van der Waals surface area contributed by atoms with E-state index in [1.165, 1.54) is 0 Å². The molecule has 0 aromatic heterocycles. The zero-order valence-electron chi connectivity index (χ0n) is 9.37. The Balaban J connectivity index is 3.01. The molecule has 0 spiro atoms. The van der Waals surface area contributed by atoms with E-state index in [1.807, 2.05) is 6.92 Å². The molecule has 0 aliphatic heterocycles. The molecule has 1 aromatic rings. The second-order valence-electron chi connectivity index (χ2n) is 3.69. The topological polar surface area (TPSA) is 46.5 Å². The van der Waals surface area contributed by atoms with Crippen molar-refractivity contribution in [2.75, 3.05) is 6.61 Å². The fourth-order valence-corrected chi connectivity index (χ4v) is 1.47. The molecule has 0 radical (unpaired) electrons. The van der Waals surface area contributed by atoms with Crippen molar-refractivity contribution in [3.8, 4) is 0 Å². The van der Waals surface area contributed by atoms with Crippen molar-refractivity contribution in [1.29, 1.82) is 0 Å². The number of rotatable bonds is 5. The lowest BCUT2D eigenvalue weighted by atomic mass is 9.96. The van der Waals surface area contributed by atoms with Crippen molar-refractivity contribution in [2.45, 2.75) is 25.9 Å². The maximum atomic E-state index is 11.3. The van der Waals surface area contributed by atoms with Gasteiger partial charge in [-0.05, 0) is 31.0 Å². The van der Waals surface area contributed by atoms with E-state index >= 15 is 0 Å². The molecule has 0 saturated carbocycles. The molecule has 0 aliphatic rings. The second-order valence-corrected chi connectivity index (χ2v) is 4.13. The molecule has 1 unspecified atom stereocenters. The number of hydrogen-bond acceptors (Lipinski definition) is 2. The van der Waals surface area contributed by atoms with E-state index in [9.17, 15) is 9.90 Å². The molecule has 16 heavy (non-hydrogen) atoms. The number of ether oxygens (including phenoxy) is 1. The van der Waals surface area contributed by atoms with Crippen molar-refractivity contribution in [3.63, 3.8) is 0 Å². The summed E-state index contributed by atoms with van der Waals surface area (Å²) >= 11 is 5.76. The number of benzene rings is 1. The summed E-state index contributed by atoms with van der Waals surface area (Å²) in [6, 6.07) is 6.67. The third-order valence-electron chi connectivity index (χ3n) is 2.40. The highest BCUT2D eigenvalue weighted by Crippen LogP contribution is 2.27. The van der Waals surface area contributed by atoms with E-state index in [2.05, 4.69) is 0 Å². The minimum absolute atomic E-state index is 0.408. The predicted octanol–water partition coefficient (Wildman–Crippen LogP) is 3.07. The number of hydrogen-bond donors (Lipinski definition) is 1. The number of halogens is 1. The van der Waals surface area contributed by atoms with Gasteiger partial charge in [0.1, 0.15) is 0 Å². The van der Waals surface area contributed by atoms with E-state index in [1.54, 1.807) is 31.2 Å². The second kappa shape index (κ2) is 5.32. The van der Waals surface area contributed by atoms with E-state index < -0.39 is 11.6 Å². The zero-order valence-corrected chi connectivity index (χ0v) is 10.1. The minimum atomic E-state index is -1.30. The molecule has 0 fully saturated rings. The van der Waals surface area contributed by atoms with Gasteiger partial charge >= 0.3 is 5.97 Å². The summed E-state index contributed by atoms with van der Waals surface area (Å²) in [7, 11) is 0. The molecule has 0 amide bonds. The van der Waals surface area contributed by atoms with Crippen LogP contribution in [-0.4, -0.2) is 17.7 Å². The normalized spacial score (nSPS) is 14.4. The molecule has 0 heterocycles. The van der Waals surface area contributed by atoms with Gasteiger partial charge in [0.2, 0.25) is 0 Å². The van der Waals surface area contributed by atoms with Crippen LogP contribution in [0.3, 0.4) is 0 Å². The third-order valence-corrected chi connectivity index (χ3v) is 2.65. The van der Waals surface area contributed by atoms with Crippen LogP contribution in [0.2, 0.25) is 5.02 Å². The minimum Gasteiger partial charge on any atom is -0.479 e. The maximum Gasteiger partial charge on any atom is 0.340 e. The van der Waals surface area contributed by atoms with Crippen LogP contribution in [0.4, 0.5) is 0 Å². The Morgan fingerprint density at radius 2 is 2.00 bits per heavy atom. The average Bonchev–Trinajstić information content (AvgIpc) is 2.26. The Morgan fingerprint density at radius 1 is 1.44 bits per heavy atom. The Hall–Kier alpha value is -1.06. The van der Waals surface area contributed by atoms with Crippen LogP contribution < -0.4 is 0 Å². The lowest BCUT2D eigenvalue weighted by molar-refractivity contribution is -0.165. The van der Waals surface area contributed by atoms with Crippen molar-refractivity contribution in [1.82, 2.24) is 0 Å². The summed E-state index contributed by atoms with van der Waals surface area (Å²) < 4.78 is 5.42. The summed E-state index contributed by atoms with van der Waals surface area (Å²) in [5, 5.41) is 9.80. The Bertz CT molecular complexity index is 361. The van der Waals surface area contributed by atoms with E-state index in [4.69, 9.17) is 16.3 Å². The molecule has 88 valence electrons. The average molecular weight is 243 g/mol. The van der Waals surface area contributed by atoms with Gasteiger partial charge in [0.05, 0.1) is 0 Å². The van der Waals surface area contributed by atoms with Gasteiger partial charge in [-0.25, -0.2) is 4.79 Å². The molecular weight excluding hydrogens is 228 g/mol. The summed E-state index contributed by atoms with van der Waals surface area (Å²) in [5.74, 6) is -0.997. The van der Waals surface area contributed by atoms with Crippen LogP contribution >= 0.6 is 11.6 Å². The van der Waals surface area contributed by atoms with Gasteiger partial charge in [-0.2, -0.15) is 0 Å². The van der Waals surface area contributed by atoms with Gasteiger partial charge in [0.15, 0.2) is 5.60 Å². The molecule has 4 heteroatoms. The van der Waals surface area contributed by atoms with Gasteiger partial charge in [0, 0.05) is 11.6 Å². The van der Waals surface area contributed by atoms with Crippen LogP contribution in [0.1, 0.15) is 25.8 Å². The highest BCUT2D eigenvalue weighted by Gasteiger charge is 2.36. The monoisotopic (exact) mass is 242 g/mol. The first-order chi connectivity index (χ1) is 7.50. The standard InChI is InChI=1S/C12H15ClO3/c1-3-8-16-12(2,11(14)15)9-4-6-10(13)7-5-9/h4-7H,3,8H2,1-2H3,(H,14,15). The van der Waals surface area contributed by atoms with Gasteiger partial charge in [0.25, 0.3) is 0 Å². The Kier molecular flexibility index (Phi) is 4.33. The quantitative estimate of drug-likeness (QED) is 0.863. The molecular formula is C12H15ClO3. The van der Waals surface area contributed by atoms with Crippen molar-refractivity contribution < 1.29 is 14.6 Å². The number of carbonyl (C=O) groups is 1. The molecule has 0 aliphatic carbocycles. The number of carboxylic acid groups (broad SMARTS) is 1. The lowest BCUT2D eigenvalue weighted by Gasteiger charge is -2.25. The van der Waals surface area contributed by atoms with Crippen LogP contribution in [0, 0.1) is 0 Å². The Labute approximate surface area is 100.0 Å². The molecule has 0 saturated heterocycles.